The highest BCUT2D eigenvalue weighted by Gasteiger charge is 2.21. The number of nitrogens with two attached hydrogens (primary N) is 1. The SMILES string of the molecule is N#CCCCC1(N)C=CC=NC1. The number of unbranched alkanes of at least 4 members (excludes halogenated alkanes) is 1. The lowest BCUT2D eigenvalue weighted by atomic mass is 9.92. The van der Waals surface area contributed by atoms with E-state index in [-0.39, 0.29) is 5.54 Å². The van der Waals surface area contributed by atoms with Gasteiger partial charge in [0.15, 0.2) is 0 Å². The van der Waals surface area contributed by atoms with Crippen molar-refractivity contribution in [3.63, 3.8) is 0 Å². The summed E-state index contributed by atoms with van der Waals surface area (Å²) >= 11 is 0. The fraction of sp³-hybridized carbons (Fsp3) is 0.556. The van der Waals surface area contributed by atoms with E-state index in [2.05, 4.69) is 11.1 Å². The van der Waals surface area contributed by atoms with Crippen LogP contribution in [0.3, 0.4) is 0 Å². The van der Waals surface area contributed by atoms with Gasteiger partial charge < -0.3 is 5.73 Å². The zero-order valence-electron chi connectivity index (χ0n) is 7.03. The first-order valence-electron chi connectivity index (χ1n) is 4.10. The molecule has 3 heteroatoms. The molecule has 12 heavy (non-hydrogen) atoms. The van der Waals surface area contributed by atoms with Crippen LogP contribution in [0.4, 0.5) is 0 Å². The Labute approximate surface area is 72.6 Å². The Morgan fingerprint density at radius 3 is 3.08 bits per heavy atom. The molecule has 1 atom stereocenters. The lowest BCUT2D eigenvalue weighted by Crippen LogP contribution is -2.41. The number of dihydropyridines is 1. The Hall–Kier alpha value is -1.14. The zero-order valence-corrected chi connectivity index (χ0v) is 7.03. The van der Waals surface area contributed by atoms with Crippen LogP contribution >= 0.6 is 0 Å². The molecular formula is C9H13N3. The molecule has 0 aliphatic carbocycles. The van der Waals surface area contributed by atoms with Crippen LogP contribution in [0.25, 0.3) is 0 Å². The molecule has 64 valence electrons. The molecule has 0 amide bonds. The third-order valence-corrected chi connectivity index (χ3v) is 1.94. The summed E-state index contributed by atoms with van der Waals surface area (Å²) in [7, 11) is 0. The van der Waals surface area contributed by atoms with E-state index in [0.29, 0.717) is 13.0 Å². The smallest absolute Gasteiger partial charge is 0.0621 e. The summed E-state index contributed by atoms with van der Waals surface area (Å²) in [5, 5.41) is 8.34. The molecule has 0 fully saturated rings. The van der Waals surface area contributed by atoms with E-state index in [4.69, 9.17) is 11.0 Å². The van der Waals surface area contributed by atoms with Crippen LogP contribution in [0.2, 0.25) is 0 Å². The molecule has 1 unspecified atom stereocenters. The summed E-state index contributed by atoms with van der Waals surface area (Å²) in [6, 6.07) is 2.11. The van der Waals surface area contributed by atoms with Crippen molar-refractivity contribution in [2.45, 2.75) is 24.8 Å². The average Bonchev–Trinajstić information content (AvgIpc) is 2.06. The first kappa shape index (κ1) is 8.95. The molecule has 0 aromatic heterocycles. The van der Waals surface area contributed by atoms with Gasteiger partial charge in [-0.05, 0) is 18.9 Å². The summed E-state index contributed by atoms with van der Waals surface area (Å²) in [5.74, 6) is 0. The first-order valence-corrected chi connectivity index (χ1v) is 4.10. The maximum atomic E-state index is 8.34. The number of nitrogens with zero attached hydrogens (tertiary/aromatic N) is 2. The predicted octanol–water partition coefficient (Wildman–Crippen LogP) is 1.02. The van der Waals surface area contributed by atoms with Crippen molar-refractivity contribution < 1.29 is 0 Å². The first-order chi connectivity index (χ1) is 5.77. The Balaban J connectivity index is 2.35. The lowest BCUT2D eigenvalue weighted by molar-refractivity contribution is 0.480. The van der Waals surface area contributed by atoms with Gasteiger partial charge in [-0.1, -0.05) is 6.08 Å². The molecule has 0 saturated heterocycles. The van der Waals surface area contributed by atoms with Gasteiger partial charge in [0.1, 0.15) is 0 Å². The number of hydrogen-bond acceptors (Lipinski definition) is 3. The largest absolute Gasteiger partial charge is 0.320 e. The number of allylic oxidation sites excluding steroid dienone is 1. The maximum Gasteiger partial charge on any atom is 0.0621 e. The van der Waals surface area contributed by atoms with Crippen molar-refractivity contribution in [3.05, 3.63) is 12.2 Å². The second-order valence-electron chi connectivity index (χ2n) is 3.09. The van der Waals surface area contributed by atoms with E-state index in [1.165, 1.54) is 0 Å². The topological polar surface area (TPSA) is 62.2 Å². The Morgan fingerprint density at radius 2 is 2.50 bits per heavy atom. The molecule has 2 N–H and O–H groups in total. The molecule has 3 nitrogen and oxygen atoms in total. The van der Waals surface area contributed by atoms with Gasteiger partial charge in [-0.25, -0.2) is 0 Å². The molecule has 0 aromatic rings. The fourth-order valence-electron chi connectivity index (χ4n) is 1.23. The van der Waals surface area contributed by atoms with Crippen LogP contribution in [0.1, 0.15) is 19.3 Å². The Morgan fingerprint density at radius 1 is 1.67 bits per heavy atom. The molecule has 0 saturated carbocycles. The molecule has 1 rings (SSSR count). The van der Waals surface area contributed by atoms with Gasteiger partial charge in [0.25, 0.3) is 0 Å². The molecule has 0 spiro atoms. The van der Waals surface area contributed by atoms with Crippen molar-refractivity contribution in [3.8, 4) is 6.07 Å². The molecule has 0 bridgehead atoms. The van der Waals surface area contributed by atoms with Crippen LogP contribution in [0.15, 0.2) is 17.1 Å². The normalized spacial score (nSPS) is 27.0. The van der Waals surface area contributed by atoms with Gasteiger partial charge in [0, 0.05) is 12.6 Å². The summed E-state index contributed by atoms with van der Waals surface area (Å²) in [6.45, 7) is 0.648. The summed E-state index contributed by atoms with van der Waals surface area (Å²) in [5.41, 5.74) is 5.69. The van der Waals surface area contributed by atoms with Gasteiger partial charge in [-0.2, -0.15) is 5.26 Å². The van der Waals surface area contributed by atoms with Crippen molar-refractivity contribution in [2.24, 2.45) is 10.7 Å². The lowest BCUT2D eigenvalue weighted by Gasteiger charge is -2.24. The molecule has 0 aromatic carbocycles. The van der Waals surface area contributed by atoms with Gasteiger partial charge >= 0.3 is 0 Å². The second kappa shape index (κ2) is 4.03. The van der Waals surface area contributed by atoms with Crippen LogP contribution < -0.4 is 5.73 Å². The van der Waals surface area contributed by atoms with Crippen molar-refractivity contribution in [1.82, 2.24) is 0 Å². The fourth-order valence-corrected chi connectivity index (χ4v) is 1.23. The average molecular weight is 163 g/mol. The van der Waals surface area contributed by atoms with Crippen LogP contribution in [-0.4, -0.2) is 18.3 Å². The minimum atomic E-state index is -0.300. The van der Waals surface area contributed by atoms with E-state index < -0.39 is 0 Å². The number of hydrogen-bond donors (Lipinski definition) is 1. The van der Waals surface area contributed by atoms with Crippen molar-refractivity contribution >= 4 is 6.21 Å². The third-order valence-electron chi connectivity index (χ3n) is 1.94. The predicted molar refractivity (Wildman–Crippen MR) is 48.9 cm³/mol. The van der Waals surface area contributed by atoms with Crippen molar-refractivity contribution in [2.75, 3.05) is 6.54 Å². The zero-order chi connectivity index (χ0) is 8.86. The van der Waals surface area contributed by atoms with Gasteiger partial charge in [-0.3, -0.25) is 4.99 Å². The highest BCUT2D eigenvalue weighted by molar-refractivity contribution is 5.72. The van der Waals surface area contributed by atoms with E-state index >= 15 is 0 Å². The quantitative estimate of drug-likeness (QED) is 0.631. The minimum absolute atomic E-state index is 0.300. The Kier molecular flexibility index (Phi) is 3.01. The van der Waals surface area contributed by atoms with Crippen LogP contribution in [0.5, 0.6) is 0 Å². The summed E-state index contributed by atoms with van der Waals surface area (Å²) < 4.78 is 0. The van der Waals surface area contributed by atoms with Crippen LogP contribution in [-0.2, 0) is 0 Å². The molecule has 1 aliphatic rings. The van der Waals surface area contributed by atoms with Crippen molar-refractivity contribution in [1.29, 1.82) is 5.26 Å². The molecule has 1 aliphatic heterocycles. The van der Waals surface area contributed by atoms with Gasteiger partial charge in [-0.15, -0.1) is 0 Å². The van der Waals surface area contributed by atoms with E-state index in [9.17, 15) is 0 Å². The van der Waals surface area contributed by atoms with E-state index in [0.717, 1.165) is 12.8 Å². The highest BCUT2D eigenvalue weighted by Crippen LogP contribution is 2.15. The number of nitriles is 1. The van der Waals surface area contributed by atoms with E-state index in [1.807, 2.05) is 12.2 Å². The highest BCUT2D eigenvalue weighted by atomic mass is 14.9. The maximum absolute atomic E-state index is 8.34. The molecular weight excluding hydrogens is 150 g/mol. The monoisotopic (exact) mass is 163 g/mol. The summed E-state index contributed by atoms with van der Waals surface area (Å²) in [6.07, 6.45) is 7.88. The Bertz CT molecular complexity index is 237. The van der Waals surface area contributed by atoms with Gasteiger partial charge in [0.05, 0.1) is 18.2 Å². The molecule has 0 radical (unpaired) electrons. The second-order valence-corrected chi connectivity index (χ2v) is 3.09. The van der Waals surface area contributed by atoms with E-state index in [1.54, 1.807) is 6.21 Å². The van der Waals surface area contributed by atoms with Crippen LogP contribution in [0, 0.1) is 11.3 Å². The number of rotatable bonds is 3. The minimum Gasteiger partial charge on any atom is -0.320 e. The third kappa shape index (κ3) is 2.48. The molecule has 1 heterocycles. The standard InChI is InChI=1S/C9H13N3/c10-6-2-1-4-9(11)5-3-7-12-8-9/h3,5,7H,1-2,4,8,11H2. The number of aliphatic imine (C=N–C) groups is 1. The summed E-state index contributed by atoms with van der Waals surface area (Å²) in [4.78, 5) is 4.09. The van der Waals surface area contributed by atoms with Gasteiger partial charge in [0.2, 0.25) is 0 Å².